The van der Waals surface area contributed by atoms with Crippen LogP contribution in [0.5, 0.6) is 0 Å². The average molecular weight is 247 g/mol. The van der Waals surface area contributed by atoms with Crippen LogP contribution in [0, 0.1) is 22.7 Å². The third-order valence-electron chi connectivity index (χ3n) is 3.10. The Morgan fingerprint density at radius 3 is 2.74 bits per heavy atom. The van der Waals surface area contributed by atoms with E-state index in [1.165, 1.54) is 0 Å². The van der Waals surface area contributed by atoms with Gasteiger partial charge in [-0.1, -0.05) is 36.9 Å². The average Bonchev–Trinajstić information content (AvgIpc) is 2.78. The molecule has 0 aromatic heterocycles. The summed E-state index contributed by atoms with van der Waals surface area (Å²) in [5.74, 6) is 0. The van der Waals surface area contributed by atoms with Crippen molar-refractivity contribution in [2.75, 3.05) is 0 Å². The summed E-state index contributed by atoms with van der Waals surface area (Å²) in [6, 6.07) is 12.2. The minimum atomic E-state index is 0.481. The molecule has 0 saturated heterocycles. The van der Waals surface area contributed by atoms with Gasteiger partial charge in [0, 0.05) is 17.7 Å². The number of hydrogen-bond acceptors (Lipinski definition) is 3. The van der Waals surface area contributed by atoms with Gasteiger partial charge in [0.1, 0.15) is 6.07 Å². The van der Waals surface area contributed by atoms with Crippen molar-refractivity contribution in [2.45, 2.75) is 13.3 Å². The van der Waals surface area contributed by atoms with Crippen LogP contribution in [0.4, 0.5) is 0 Å². The second-order valence-corrected chi connectivity index (χ2v) is 4.22. The minimum absolute atomic E-state index is 0.481. The topological polar surface area (TPSA) is 59.6 Å². The molecule has 0 radical (unpaired) electrons. The van der Waals surface area contributed by atoms with E-state index >= 15 is 0 Å². The Morgan fingerprint density at radius 1 is 1.37 bits per heavy atom. The molecule has 1 aliphatic rings. The summed E-state index contributed by atoms with van der Waals surface area (Å²) in [5, 5.41) is 21.3. The zero-order valence-electron chi connectivity index (χ0n) is 10.7. The molecule has 0 fully saturated rings. The van der Waals surface area contributed by atoms with Crippen molar-refractivity contribution < 1.29 is 0 Å². The van der Waals surface area contributed by atoms with Crippen LogP contribution < -0.4 is 5.32 Å². The number of nitrogens with one attached hydrogen (secondary N) is 1. The summed E-state index contributed by atoms with van der Waals surface area (Å²) < 4.78 is 0. The first-order valence-corrected chi connectivity index (χ1v) is 5.95. The summed E-state index contributed by atoms with van der Waals surface area (Å²) >= 11 is 0. The molecule has 3 nitrogen and oxygen atoms in total. The van der Waals surface area contributed by atoms with Crippen molar-refractivity contribution in [3.8, 4) is 12.1 Å². The fourth-order valence-electron chi connectivity index (χ4n) is 2.12. The van der Waals surface area contributed by atoms with Crippen molar-refractivity contribution in [1.29, 1.82) is 10.5 Å². The SMILES string of the molecule is C=C(NC1=C(C#N)Cc2ccccc21)/C(C#N)=C/C. The number of nitrogens with zero attached hydrogens (tertiary/aromatic N) is 2. The smallest absolute Gasteiger partial charge is 0.101 e. The maximum Gasteiger partial charge on any atom is 0.101 e. The molecule has 0 heterocycles. The Balaban J connectivity index is 2.37. The van der Waals surface area contributed by atoms with E-state index in [0.29, 0.717) is 23.3 Å². The van der Waals surface area contributed by atoms with Crippen LogP contribution in [0.1, 0.15) is 18.1 Å². The van der Waals surface area contributed by atoms with Crippen LogP contribution in [-0.2, 0) is 6.42 Å². The van der Waals surface area contributed by atoms with E-state index in [9.17, 15) is 5.26 Å². The highest BCUT2D eigenvalue weighted by Crippen LogP contribution is 2.31. The molecule has 1 N–H and O–H groups in total. The predicted octanol–water partition coefficient (Wildman–Crippen LogP) is 3.05. The lowest BCUT2D eigenvalue weighted by Crippen LogP contribution is -2.12. The molecule has 0 spiro atoms. The van der Waals surface area contributed by atoms with E-state index in [1.54, 1.807) is 13.0 Å². The van der Waals surface area contributed by atoms with Crippen molar-refractivity contribution in [3.63, 3.8) is 0 Å². The van der Waals surface area contributed by atoms with Gasteiger partial charge in [-0.05, 0) is 12.5 Å². The quantitative estimate of drug-likeness (QED) is 0.659. The predicted molar refractivity (Wildman–Crippen MR) is 74.3 cm³/mol. The second-order valence-electron chi connectivity index (χ2n) is 4.22. The summed E-state index contributed by atoms with van der Waals surface area (Å²) in [5.41, 5.74) is 4.56. The van der Waals surface area contributed by atoms with E-state index in [4.69, 9.17) is 5.26 Å². The molecule has 0 atom stereocenters. The minimum Gasteiger partial charge on any atom is -0.354 e. The zero-order valence-corrected chi connectivity index (χ0v) is 10.7. The molecule has 92 valence electrons. The van der Waals surface area contributed by atoms with Gasteiger partial charge in [-0.25, -0.2) is 0 Å². The molecule has 1 aliphatic carbocycles. The van der Waals surface area contributed by atoms with Gasteiger partial charge in [0.25, 0.3) is 0 Å². The van der Waals surface area contributed by atoms with Crippen LogP contribution in [0.3, 0.4) is 0 Å². The number of fused-ring (bicyclic) bond motifs is 1. The van der Waals surface area contributed by atoms with E-state index in [2.05, 4.69) is 24.0 Å². The van der Waals surface area contributed by atoms with Crippen molar-refractivity contribution in [2.24, 2.45) is 0 Å². The molecular formula is C16H13N3. The molecule has 1 aromatic rings. The Kier molecular flexibility index (Phi) is 3.50. The van der Waals surface area contributed by atoms with Gasteiger partial charge in [-0.15, -0.1) is 0 Å². The first-order valence-electron chi connectivity index (χ1n) is 5.95. The van der Waals surface area contributed by atoms with Crippen molar-refractivity contribution >= 4 is 5.70 Å². The molecule has 0 bridgehead atoms. The highest BCUT2D eigenvalue weighted by atomic mass is 14.9. The third-order valence-corrected chi connectivity index (χ3v) is 3.10. The van der Waals surface area contributed by atoms with Crippen LogP contribution in [0.2, 0.25) is 0 Å². The Bertz CT molecular complexity index is 679. The third kappa shape index (κ3) is 2.27. The molecule has 2 rings (SSSR count). The maximum atomic E-state index is 9.22. The van der Waals surface area contributed by atoms with Gasteiger partial charge in [-0.3, -0.25) is 0 Å². The van der Waals surface area contributed by atoms with Gasteiger partial charge >= 0.3 is 0 Å². The Morgan fingerprint density at radius 2 is 2.11 bits per heavy atom. The van der Waals surface area contributed by atoms with Gasteiger partial charge in [0.2, 0.25) is 0 Å². The normalized spacial score (nSPS) is 13.5. The molecule has 1 aromatic carbocycles. The molecular weight excluding hydrogens is 234 g/mol. The largest absolute Gasteiger partial charge is 0.354 e. The summed E-state index contributed by atoms with van der Waals surface area (Å²) in [6.07, 6.45) is 2.32. The lowest BCUT2D eigenvalue weighted by Gasteiger charge is -2.11. The fourth-order valence-corrected chi connectivity index (χ4v) is 2.12. The first kappa shape index (κ1) is 12.7. The number of benzene rings is 1. The van der Waals surface area contributed by atoms with Gasteiger partial charge in [0.05, 0.1) is 22.9 Å². The molecule has 19 heavy (non-hydrogen) atoms. The maximum absolute atomic E-state index is 9.22. The van der Waals surface area contributed by atoms with Crippen molar-refractivity contribution in [3.05, 3.63) is 64.9 Å². The summed E-state index contributed by atoms with van der Waals surface area (Å²) in [7, 11) is 0. The van der Waals surface area contributed by atoms with Gasteiger partial charge in [0.15, 0.2) is 0 Å². The molecule has 0 aliphatic heterocycles. The number of hydrogen-bond donors (Lipinski definition) is 1. The zero-order chi connectivity index (χ0) is 13.8. The first-order chi connectivity index (χ1) is 9.21. The second kappa shape index (κ2) is 5.25. The van der Waals surface area contributed by atoms with Crippen molar-refractivity contribution in [1.82, 2.24) is 5.32 Å². The molecule has 0 unspecified atom stereocenters. The standard InChI is InChI=1S/C16H13N3/c1-3-12(9-17)11(2)19-16-14(10-18)8-13-6-4-5-7-15(13)16/h3-7,19H,2,8H2,1H3/b12-3+. The molecule has 0 saturated carbocycles. The monoisotopic (exact) mass is 247 g/mol. The van der Waals surface area contributed by atoms with Crippen LogP contribution >= 0.6 is 0 Å². The summed E-state index contributed by atoms with van der Waals surface area (Å²) in [6.45, 7) is 5.64. The lowest BCUT2D eigenvalue weighted by molar-refractivity contribution is 1.11. The van der Waals surface area contributed by atoms with E-state index in [-0.39, 0.29) is 0 Å². The molecule has 3 heteroatoms. The highest BCUT2D eigenvalue weighted by molar-refractivity contribution is 5.79. The van der Waals surface area contributed by atoms with Crippen LogP contribution in [-0.4, -0.2) is 0 Å². The molecule has 0 amide bonds. The number of rotatable bonds is 3. The van der Waals surface area contributed by atoms with E-state index < -0.39 is 0 Å². The number of nitriles is 2. The lowest BCUT2D eigenvalue weighted by atomic mass is 10.1. The van der Waals surface area contributed by atoms with E-state index in [1.807, 2.05) is 24.3 Å². The van der Waals surface area contributed by atoms with Crippen LogP contribution in [0.25, 0.3) is 5.70 Å². The van der Waals surface area contributed by atoms with Gasteiger partial charge in [-0.2, -0.15) is 10.5 Å². The number of allylic oxidation sites excluding steroid dienone is 3. The summed E-state index contributed by atoms with van der Waals surface area (Å²) in [4.78, 5) is 0. The van der Waals surface area contributed by atoms with Crippen LogP contribution in [0.15, 0.2) is 53.8 Å². The fraction of sp³-hybridized carbons (Fsp3) is 0.125. The highest BCUT2D eigenvalue weighted by Gasteiger charge is 2.21. The Labute approximate surface area is 112 Å². The van der Waals surface area contributed by atoms with Gasteiger partial charge < -0.3 is 5.32 Å². The Hall–Kier alpha value is -2.78. The van der Waals surface area contributed by atoms with E-state index in [0.717, 1.165) is 16.8 Å².